The van der Waals surface area contributed by atoms with Crippen LogP contribution in [0.2, 0.25) is 0 Å². The molecule has 0 saturated heterocycles. The van der Waals surface area contributed by atoms with E-state index in [0.717, 1.165) is 25.2 Å². The first-order chi connectivity index (χ1) is 9.38. The van der Waals surface area contributed by atoms with Gasteiger partial charge in [-0.05, 0) is 12.0 Å². The molecule has 0 atom stereocenters. The molecule has 2 rings (SSSR count). The molecule has 0 aliphatic heterocycles. The van der Waals surface area contributed by atoms with Crippen molar-refractivity contribution in [2.75, 3.05) is 20.3 Å². The standard InChI is InChI=1S/C14H19N3O2.ClH/c1-18-10-9-15-11-14-16-13(17-19-14)8-7-12-5-3-2-4-6-12;/h2-6,15H,7-11H2,1H3;1H. The third-order valence-electron chi connectivity index (χ3n) is 2.75. The highest BCUT2D eigenvalue weighted by molar-refractivity contribution is 5.85. The van der Waals surface area contributed by atoms with Crippen molar-refractivity contribution in [1.82, 2.24) is 15.5 Å². The predicted molar refractivity (Wildman–Crippen MR) is 79.0 cm³/mol. The number of halogens is 1. The van der Waals surface area contributed by atoms with E-state index in [2.05, 4.69) is 27.6 Å². The number of benzene rings is 1. The lowest BCUT2D eigenvalue weighted by Gasteiger charge is -1.98. The number of nitrogens with zero attached hydrogens (tertiary/aromatic N) is 2. The number of ether oxygens (including phenoxy) is 1. The van der Waals surface area contributed by atoms with Gasteiger partial charge in [0.15, 0.2) is 5.82 Å². The van der Waals surface area contributed by atoms with Crippen LogP contribution in [0.15, 0.2) is 34.9 Å². The van der Waals surface area contributed by atoms with Crippen molar-refractivity contribution < 1.29 is 9.26 Å². The Balaban J connectivity index is 0.00000200. The third kappa shape index (κ3) is 5.69. The van der Waals surface area contributed by atoms with Crippen LogP contribution in [0.25, 0.3) is 0 Å². The van der Waals surface area contributed by atoms with Gasteiger partial charge in [0.05, 0.1) is 13.2 Å². The normalized spacial score (nSPS) is 10.2. The molecule has 6 heteroatoms. The van der Waals surface area contributed by atoms with Gasteiger partial charge < -0.3 is 14.6 Å². The molecular weight excluding hydrogens is 278 g/mol. The van der Waals surface area contributed by atoms with Gasteiger partial charge in [-0.1, -0.05) is 35.5 Å². The molecule has 0 saturated carbocycles. The molecular formula is C14H20ClN3O2. The quantitative estimate of drug-likeness (QED) is 0.755. The summed E-state index contributed by atoms with van der Waals surface area (Å²) in [7, 11) is 1.68. The van der Waals surface area contributed by atoms with Crippen LogP contribution >= 0.6 is 12.4 Å². The highest BCUT2D eigenvalue weighted by Crippen LogP contribution is 2.05. The van der Waals surface area contributed by atoms with Gasteiger partial charge in [0.25, 0.3) is 0 Å². The first-order valence-corrected chi connectivity index (χ1v) is 6.43. The van der Waals surface area contributed by atoms with E-state index in [-0.39, 0.29) is 12.4 Å². The minimum Gasteiger partial charge on any atom is -0.383 e. The zero-order chi connectivity index (χ0) is 13.3. The molecule has 1 aromatic carbocycles. The second kappa shape index (κ2) is 9.47. The maximum atomic E-state index is 5.17. The highest BCUT2D eigenvalue weighted by Gasteiger charge is 2.05. The molecule has 0 aliphatic carbocycles. The van der Waals surface area contributed by atoms with Crippen LogP contribution in [0.1, 0.15) is 17.3 Å². The number of aromatic nitrogens is 2. The van der Waals surface area contributed by atoms with Crippen molar-refractivity contribution in [3.63, 3.8) is 0 Å². The average molecular weight is 298 g/mol. The number of hydrogen-bond acceptors (Lipinski definition) is 5. The summed E-state index contributed by atoms with van der Waals surface area (Å²) in [4.78, 5) is 4.34. The average Bonchev–Trinajstić information content (AvgIpc) is 2.91. The summed E-state index contributed by atoms with van der Waals surface area (Å²) in [6.45, 7) is 2.04. The Morgan fingerprint density at radius 3 is 2.75 bits per heavy atom. The van der Waals surface area contributed by atoms with Crippen LogP contribution in [0.3, 0.4) is 0 Å². The number of rotatable bonds is 8. The summed E-state index contributed by atoms with van der Waals surface area (Å²) in [6, 6.07) is 10.3. The van der Waals surface area contributed by atoms with E-state index >= 15 is 0 Å². The van der Waals surface area contributed by atoms with Crippen molar-refractivity contribution in [1.29, 1.82) is 0 Å². The first kappa shape index (κ1) is 16.6. The Morgan fingerprint density at radius 2 is 2.00 bits per heavy atom. The molecule has 2 aromatic rings. The number of aryl methyl sites for hydroxylation is 2. The van der Waals surface area contributed by atoms with Crippen LogP contribution in [-0.4, -0.2) is 30.4 Å². The summed E-state index contributed by atoms with van der Waals surface area (Å²) in [5.41, 5.74) is 1.28. The summed E-state index contributed by atoms with van der Waals surface area (Å²) in [5, 5.41) is 7.14. The summed E-state index contributed by atoms with van der Waals surface area (Å²) >= 11 is 0. The smallest absolute Gasteiger partial charge is 0.240 e. The fourth-order valence-electron chi connectivity index (χ4n) is 1.73. The van der Waals surface area contributed by atoms with Crippen LogP contribution in [0.4, 0.5) is 0 Å². The van der Waals surface area contributed by atoms with Gasteiger partial charge in [-0.3, -0.25) is 0 Å². The topological polar surface area (TPSA) is 60.2 Å². The minimum atomic E-state index is 0. The first-order valence-electron chi connectivity index (χ1n) is 6.43. The van der Waals surface area contributed by atoms with E-state index in [4.69, 9.17) is 9.26 Å². The Bertz CT molecular complexity index is 476. The van der Waals surface area contributed by atoms with E-state index in [1.165, 1.54) is 5.56 Å². The molecule has 0 spiro atoms. The van der Waals surface area contributed by atoms with Crippen molar-refractivity contribution in [3.8, 4) is 0 Å². The Hall–Kier alpha value is -1.43. The predicted octanol–water partition coefficient (Wildman–Crippen LogP) is 2.01. The van der Waals surface area contributed by atoms with Crippen molar-refractivity contribution in [2.45, 2.75) is 19.4 Å². The monoisotopic (exact) mass is 297 g/mol. The second-order valence-corrected chi connectivity index (χ2v) is 4.26. The summed E-state index contributed by atoms with van der Waals surface area (Å²) in [5.74, 6) is 1.38. The molecule has 0 radical (unpaired) electrons. The van der Waals surface area contributed by atoms with Gasteiger partial charge in [0, 0.05) is 20.1 Å². The van der Waals surface area contributed by atoms with Gasteiger partial charge in [-0.25, -0.2) is 0 Å². The molecule has 1 N–H and O–H groups in total. The van der Waals surface area contributed by atoms with E-state index in [9.17, 15) is 0 Å². The molecule has 0 unspecified atom stereocenters. The van der Waals surface area contributed by atoms with Gasteiger partial charge in [-0.2, -0.15) is 4.98 Å². The molecule has 0 amide bonds. The number of nitrogens with one attached hydrogen (secondary N) is 1. The van der Waals surface area contributed by atoms with Crippen LogP contribution in [0.5, 0.6) is 0 Å². The van der Waals surface area contributed by atoms with E-state index in [0.29, 0.717) is 19.0 Å². The fraction of sp³-hybridized carbons (Fsp3) is 0.429. The molecule has 0 bridgehead atoms. The van der Waals surface area contributed by atoms with Gasteiger partial charge in [0.2, 0.25) is 5.89 Å². The fourth-order valence-corrected chi connectivity index (χ4v) is 1.73. The molecule has 1 heterocycles. The Morgan fingerprint density at radius 1 is 1.20 bits per heavy atom. The molecule has 5 nitrogen and oxygen atoms in total. The van der Waals surface area contributed by atoms with E-state index in [1.54, 1.807) is 7.11 Å². The lowest BCUT2D eigenvalue weighted by atomic mass is 10.1. The van der Waals surface area contributed by atoms with Crippen molar-refractivity contribution in [3.05, 3.63) is 47.6 Å². The van der Waals surface area contributed by atoms with Crippen LogP contribution in [-0.2, 0) is 24.1 Å². The summed E-state index contributed by atoms with van der Waals surface area (Å²) < 4.78 is 10.1. The van der Waals surface area contributed by atoms with Crippen molar-refractivity contribution >= 4 is 12.4 Å². The lowest BCUT2D eigenvalue weighted by molar-refractivity contribution is 0.197. The Kier molecular flexibility index (Phi) is 7.87. The van der Waals surface area contributed by atoms with Crippen LogP contribution < -0.4 is 5.32 Å². The molecule has 110 valence electrons. The van der Waals surface area contributed by atoms with E-state index < -0.39 is 0 Å². The number of hydrogen-bond donors (Lipinski definition) is 1. The van der Waals surface area contributed by atoms with Crippen molar-refractivity contribution in [2.24, 2.45) is 0 Å². The zero-order valence-corrected chi connectivity index (χ0v) is 12.4. The largest absolute Gasteiger partial charge is 0.383 e. The van der Waals surface area contributed by atoms with Gasteiger partial charge in [0.1, 0.15) is 0 Å². The zero-order valence-electron chi connectivity index (χ0n) is 11.5. The number of methoxy groups -OCH3 is 1. The molecule has 0 aliphatic rings. The maximum absolute atomic E-state index is 5.17. The third-order valence-corrected chi connectivity index (χ3v) is 2.75. The van der Waals surface area contributed by atoms with Gasteiger partial charge in [-0.15, -0.1) is 12.4 Å². The molecule has 1 aromatic heterocycles. The Labute approximate surface area is 125 Å². The minimum absolute atomic E-state index is 0. The summed E-state index contributed by atoms with van der Waals surface area (Å²) in [6.07, 6.45) is 1.72. The second-order valence-electron chi connectivity index (χ2n) is 4.26. The molecule has 20 heavy (non-hydrogen) atoms. The molecule has 0 fully saturated rings. The maximum Gasteiger partial charge on any atom is 0.240 e. The lowest BCUT2D eigenvalue weighted by Crippen LogP contribution is -2.18. The SMILES string of the molecule is COCCNCc1nc(CCc2ccccc2)no1.Cl. The van der Waals surface area contributed by atoms with Crippen LogP contribution in [0, 0.1) is 0 Å². The van der Waals surface area contributed by atoms with Gasteiger partial charge >= 0.3 is 0 Å². The highest BCUT2D eigenvalue weighted by atomic mass is 35.5. The van der Waals surface area contributed by atoms with E-state index in [1.807, 2.05) is 18.2 Å².